The van der Waals surface area contributed by atoms with Gasteiger partial charge in [-0.2, -0.15) is 0 Å². The lowest BCUT2D eigenvalue weighted by atomic mass is 9.90. The van der Waals surface area contributed by atoms with Crippen molar-refractivity contribution < 1.29 is 18.9 Å². The Hall–Kier alpha value is -2.11. The Labute approximate surface area is 191 Å². The van der Waals surface area contributed by atoms with Crippen LogP contribution in [0, 0.1) is 0 Å². The number of rotatable bonds is 6. The van der Waals surface area contributed by atoms with Crippen LogP contribution < -0.4 is 10.2 Å². The van der Waals surface area contributed by atoms with Gasteiger partial charge in [0.1, 0.15) is 22.8 Å². The third-order valence-corrected chi connectivity index (χ3v) is 7.16. The molecule has 3 aromatic rings. The molecule has 0 amide bonds. The molecular weight excluding hydrogens is 430 g/mol. The van der Waals surface area contributed by atoms with E-state index < -0.39 is 0 Å². The number of pyridine rings is 1. The molecule has 32 heavy (non-hydrogen) atoms. The summed E-state index contributed by atoms with van der Waals surface area (Å²) in [6.07, 6.45) is 2.07. The zero-order valence-electron chi connectivity index (χ0n) is 18.9. The largest absolute Gasteiger partial charge is 0.378 e. The average Bonchev–Trinajstić information content (AvgIpc) is 3.18. The molecule has 0 atom stereocenters. The summed E-state index contributed by atoms with van der Waals surface area (Å²) in [5.74, 6) is 1.78. The predicted octanol–water partition coefficient (Wildman–Crippen LogP) is 2.96. The van der Waals surface area contributed by atoms with Crippen LogP contribution in [-0.2, 0) is 32.0 Å². The number of thiophene rings is 1. The second-order valence-corrected chi connectivity index (χ2v) is 9.68. The minimum absolute atomic E-state index is 0.240. The summed E-state index contributed by atoms with van der Waals surface area (Å²) < 4.78 is 23.4. The van der Waals surface area contributed by atoms with Gasteiger partial charge in [0.05, 0.1) is 42.2 Å². The Morgan fingerprint density at radius 2 is 1.97 bits per heavy atom. The quantitative estimate of drug-likeness (QED) is 0.559. The van der Waals surface area contributed by atoms with Crippen LogP contribution in [0.2, 0.25) is 0 Å². The van der Waals surface area contributed by atoms with Crippen molar-refractivity contribution in [2.45, 2.75) is 38.8 Å². The Morgan fingerprint density at radius 3 is 2.72 bits per heavy atom. The number of morpholine rings is 1. The van der Waals surface area contributed by atoms with Crippen LogP contribution in [0.4, 0.5) is 11.6 Å². The monoisotopic (exact) mass is 459 g/mol. The summed E-state index contributed by atoms with van der Waals surface area (Å²) in [4.78, 5) is 17.6. The third-order valence-electron chi connectivity index (χ3n) is 6.08. The van der Waals surface area contributed by atoms with Crippen molar-refractivity contribution in [1.29, 1.82) is 0 Å². The van der Waals surface area contributed by atoms with Crippen LogP contribution in [0.5, 0.6) is 0 Å². The van der Waals surface area contributed by atoms with Crippen molar-refractivity contribution in [3.8, 4) is 0 Å². The van der Waals surface area contributed by atoms with Crippen LogP contribution in [0.15, 0.2) is 6.33 Å². The first-order valence-corrected chi connectivity index (χ1v) is 11.7. The van der Waals surface area contributed by atoms with E-state index in [1.165, 1.54) is 11.1 Å². The Morgan fingerprint density at radius 1 is 1.19 bits per heavy atom. The molecular formula is C22H29N5O4S. The molecule has 1 saturated heterocycles. The van der Waals surface area contributed by atoms with E-state index in [-0.39, 0.29) is 11.9 Å². The third kappa shape index (κ3) is 3.90. The zero-order chi connectivity index (χ0) is 22.3. The molecule has 0 spiro atoms. The summed E-state index contributed by atoms with van der Waals surface area (Å²) in [5, 5.41) is 4.47. The zero-order valence-corrected chi connectivity index (χ0v) is 19.8. The highest BCUT2D eigenvalue weighted by atomic mass is 32.1. The highest BCUT2D eigenvalue weighted by molar-refractivity contribution is 7.26. The van der Waals surface area contributed by atoms with Gasteiger partial charge >= 0.3 is 0 Å². The molecule has 5 rings (SSSR count). The van der Waals surface area contributed by atoms with Crippen molar-refractivity contribution in [3.05, 3.63) is 17.5 Å². The van der Waals surface area contributed by atoms with E-state index in [2.05, 4.69) is 34.0 Å². The lowest BCUT2D eigenvalue weighted by molar-refractivity contribution is -0.0914. The van der Waals surface area contributed by atoms with Crippen LogP contribution in [0.1, 0.15) is 25.0 Å². The number of aromatic nitrogens is 3. The van der Waals surface area contributed by atoms with E-state index >= 15 is 0 Å². The summed E-state index contributed by atoms with van der Waals surface area (Å²) in [6, 6.07) is 0. The maximum absolute atomic E-state index is 6.21. The van der Waals surface area contributed by atoms with E-state index in [0.29, 0.717) is 26.4 Å². The number of hydrogen-bond donors (Lipinski definition) is 1. The van der Waals surface area contributed by atoms with Gasteiger partial charge in [-0.15, -0.1) is 11.3 Å². The average molecular weight is 460 g/mol. The van der Waals surface area contributed by atoms with E-state index in [1.807, 2.05) is 0 Å². The predicted molar refractivity (Wildman–Crippen MR) is 125 cm³/mol. The molecule has 0 radical (unpaired) electrons. The minimum Gasteiger partial charge on any atom is -0.378 e. The van der Waals surface area contributed by atoms with Gasteiger partial charge in [0.25, 0.3) is 0 Å². The van der Waals surface area contributed by atoms with Crippen LogP contribution in [-0.4, -0.2) is 73.9 Å². The number of anilines is 2. The van der Waals surface area contributed by atoms with E-state index in [4.69, 9.17) is 23.9 Å². The number of ether oxygens (including phenoxy) is 4. The first-order valence-electron chi connectivity index (χ1n) is 10.9. The first-order chi connectivity index (χ1) is 15.5. The fraction of sp³-hybridized carbons (Fsp3) is 0.591. The second kappa shape index (κ2) is 8.68. The second-order valence-electron chi connectivity index (χ2n) is 8.68. The van der Waals surface area contributed by atoms with Crippen molar-refractivity contribution in [2.24, 2.45) is 0 Å². The summed E-state index contributed by atoms with van der Waals surface area (Å²) in [7, 11) is 3.25. The SMILES string of the molecule is COC(CNc1ncnc2c1sc1nc(N3CCOCC3)c3c(c12)CC(C)(C)OC3)OC. The molecule has 0 aliphatic carbocycles. The first kappa shape index (κ1) is 21.7. The maximum Gasteiger partial charge on any atom is 0.173 e. The van der Waals surface area contributed by atoms with Crippen LogP contribution >= 0.6 is 11.3 Å². The van der Waals surface area contributed by atoms with Gasteiger partial charge in [-0.05, 0) is 19.4 Å². The molecule has 5 heterocycles. The topological polar surface area (TPSA) is 90.9 Å². The molecule has 2 aliphatic rings. The number of fused-ring (bicyclic) bond motifs is 5. The molecule has 0 bridgehead atoms. The Kier molecular flexibility index (Phi) is 5.89. The molecule has 0 saturated carbocycles. The molecule has 9 nitrogen and oxygen atoms in total. The number of nitrogens with one attached hydrogen (secondary N) is 1. The summed E-state index contributed by atoms with van der Waals surface area (Å²) in [6.45, 7) is 8.42. The van der Waals surface area contributed by atoms with Crippen molar-refractivity contribution in [1.82, 2.24) is 15.0 Å². The van der Waals surface area contributed by atoms with Gasteiger partial charge in [-0.1, -0.05) is 0 Å². The fourth-order valence-corrected chi connectivity index (χ4v) is 5.51. The van der Waals surface area contributed by atoms with Gasteiger partial charge < -0.3 is 29.2 Å². The molecule has 172 valence electrons. The van der Waals surface area contributed by atoms with Crippen molar-refractivity contribution >= 4 is 43.4 Å². The molecule has 2 aliphatic heterocycles. The van der Waals surface area contributed by atoms with E-state index in [9.17, 15) is 0 Å². The lowest BCUT2D eigenvalue weighted by Crippen LogP contribution is -2.39. The minimum atomic E-state index is -0.355. The van der Waals surface area contributed by atoms with Crippen LogP contribution in [0.25, 0.3) is 20.4 Å². The molecule has 1 N–H and O–H groups in total. The maximum atomic E-state index is 6.21. The number of hydrogen-bond acceptors (Lipinski definition) is 10. The van der Waals surface area contributed by atoms with Crippen molar-refractivity contribution in [2.75, 3.05) is 57.3 Å². The molecule has 0 unspecified atom stereocenters. The lowest BCUT2D eigenvalue weighted by Gasteiger charge is -2.36. The Bertz CT molecular complexity index is 1120. The van der Waals surface area contributed by atoms with Gasteiger partial charge in [0.2, 0.25) is 0 Å². The van der Waals surface area contributed by atoms with Gasteiger partial charge in [-0.25, -0.2) is 15.0 Å². The fourth-order valence-electron chi connectivity index (χ4n) is 4.39. The molecule has 10 heteroatoms. The molecule has 0 aromatic carbocycles. The van der Waals surface area contributed by atoms with E-state index in [0.717, 1.165) is 51.6 Å². The van der Waals surface area contributed by atoms with Gasteiger partial charge in [-0.3, -0.25) is 0 Å². The van der Waals surface area contributed by atoms with Crippen LogP contribution in [0.3, 0.4) is 0 Å². The summed E-state index contributed by atoms with van der Waals surface area (Å²) in [5.41, 5.74) is 3.15. The highest BCUT2D eigenvalue weighted by Crippen LogP contribution is 2.44. The standard InChI is InChI=1S/C22H29N5O4S/c1-22(2)9-13-14(11-31-22)20(27-5-7-30-8-6-27)26-21-16(13)17-18(32-21)19(25-12-24-17)23-10-15(28-3)29-4/h12,15H,5-11H2,1-4H3,(H,23,24,25). The van der Waals surface area contributed by atoms with E-state index in [1.54, 1.807) is 31.9 Å². The van der Waals surface area contributed by atoms with Crippen molar-refractivity contribution in [3.63, 3.8) is 0 Å². The number of methoxy groups -OCH3 is 2. The number of nitrogens with zero attached hydrogens (tertiary/aromatic N) is 4. The normalized spacial score (nSPS) is 18.5. The Balaban J connectivity index is 1.66. The molecule has 3 aromatic heterocycles. The highest BCUT2D eigenvalue weighted by Gasteiger charge is 2.33. The molecule has 1 fully saturated rings. The van der Waals surface area contributed by atoms with Gasteiger partial charge in [0, 0.05) is 44.7 Å². The van der Waals surface area contributed by atoms with Gasteiger partial charge in [0.15, 0.2) is 6.29 Å². The smallest absolute Gasteiger partial charge is 0.173 e. The summed E-state index contributed by atoms with van der Waals surface area (Å²) >= 11 is 1.63.